The molecule has 2 aromatic carbocycles. The molecule has 0 unspecified atom stereocenters. The molecule has 0 bridgehead atoms. The van der Waals surface area contributed by atoms with E-state index < -0.39 is 15.8 Å². The molecule has 0 spiro atoms. The van der Waals surface area contributed by atoms with Gasteiger partial charge < -0.3 is 0 Å². The molecule has 4 rings (SSSR count). The SMILES string of the molecule is Cc1ccc(S(=O)(=O)N2C[C@H]3CC(=O)[C@H]3c3ccc(F)cc32)cc1. The minimum Gasteiger partial charge on any atom is -0.299 e. The Morgan fingerprint density at radius 2 is 1.83 bits per heavy atom. The summed E-state index contributed by atoms with van der Waals surface area (Å²) in [6.45, 7) is 2.09. The first-order valence-electron chi connectivity index (χ1n) is 7.79. The van der Waals surface area contributed by atoms with E-state index in [1.54, 1.807) is 24.3 Å². The summed E-state index contributed by atoms with van der Waals surface area (Å²) in [5.41, 5.74) is 1.85. The summed E-state index contributed by atoms with van der Waals surface area (Å²) in [5, 5.41) is 0. The third-order valence-corrected chi connectivity index (χ3v) is 6.68. The van der Waals surface area contributed by atoms with Gasteiger partial charge in [0.25, 0.3) is 10.0 Å². The number of anilines is 1. The molecule has 1 saturated carbocycles. The second kappa shape index (κ2) is 5.14. The fourth-order valence-corrected chi connectivity index (χ4v) is 5.11. The number of benzene rings is 2. The highest BCUT2D eigenvalue weighted by atomic mass is 32.2. The molecule has 0 saturated heterocycles. The predicted molar refractivity (Wildman–Crippen MR) is 88.0 cm³/mol. The minimum absolute atomic E-state index is 0.0318. The molecular formula is C18H16FNO3S. The fraction of sp³-hybridized carbons (Fsp3) is 0.278. The average Bonchev–Trinajstić information content (AvgIpc) is 2.53. The van der Waals surface area contributed by atoms with E-state index in [0.29, 0.717) is 12.0 Å². The van der Waals surface area contributed by atoms with Gasteiger partial charge in [-0.05, 0) is 42.7 Å². The van der Waals surface area contributed by atoms with Crippen LogP contribution in [-0.4, -0.2) is 20.7 Å². The molecular weight excluding hydrogens is 329 g/mol. The number of hydrogen-bond acceptors (Lipinski definition) is 3. The van der Waals surface area contributed by atoms with E-state index in [-0.39, 0.29) is 34.7 Å². The quantitative estimate of drug-likeness (QED) is 0.841. The zero-order valence-corrected chi connectivity index (χ0v) is 13.9. The summed E-state index contributed by atoms with van der Waals surface area (Å²) in [5.74, 6) is -0.746. The van der Waals surface area contributed by atoms with Crippen LogP contribution < -0.4 is 4.31 Å². The molecule has 2 atom stereocenters. The second-order valence-corrected chi connectivity index (χ2v) is 8.32. The summed E-state index contributed by atoms with van der Waals surface area (Å²) < 4.78 is 41.1. The molecule has 1 fully saturated rings. The Hall–Kier alpha value is -2.21. The molecule has 0 radical (unpaired) electrons. The standard InChI is InChI=1S/C18H16FNO3S/c1-11-2-5-14(6-3-11)24(22,23)20-10-12-8-17(21)18(12)15-7-4-13(19)9-16(15)20/h2-7,9,12,18H,8,10H2,1H3/t12-,18-/m1/s1. The first-order valence-corrected chi connectivity index (χ1v) is 9.23. The van der Waals surface area contributed by atoms with Gasteiger partial charge in [0.05, 0.1) is 10.6 Å². The third kappa shape index (κ3) is 2.17. The van der Waals surface area contributed by atoms with Crippen LogP contribution in [0, 0.1) is 18.7 Å². The van der Waals surface area contributed by atoms with Crippen LogP contribution in [0.5, 0.6) is 0 Å². The van der Waals surface area contributed by atoms with Crippen molar-refractivity contribution in [1.29, 1.82) is 0 Å². The lowest BCUT2D eigenvalue weighted by Crippen LogP contribution is -2.49. The zero-order chi connectivity index (χ0) is 17.1. The molecule has 0 aromatic heterocycles. The van der Waals surface area contributed by atoms with Crippen molar-refractivity contribution in [3.63, 3.8) is 0 Å². The van der Waals surface area contributed by atoms with Crippen LogP contribution in [0.2, 0.25) is 0 Å². The lowest BCUT2D eigenvalue weighted by molar-refractivity contribution is -0.129. The van der Waals surface area contributed by atoms with Crippen LogP contribution in [0.4, 0.5) is 10.1 Å². The van der Waals surface area contributed by atoms with Crippen molar-refractivity contribution in [1.82, 2.24) is 0 Å². The lowest BCUT2D eigenvalue weighted by Gasteiger charge is -2.45. The number of hydrogen-bond donors (Lipinski definition) is 0. The highest BCUT2D eigenvalue weighted by molar-refractivity contribution is 7.92. The van der Waals surface area contributed by atoms with Gasteiger partial charge in [-0.25, -0.2) is 12.8 Å². The maximum atomic E-state index is 13.7. The normalized spacial score (nSPS) is 22.6. The van der Waals surface area contributed by atoms with E-state index >= 15 is 0 Å². The number of ketones is 1. The molecule has 24 heavy (non-hydrogen) atoms. The number of rotatable bonds is 2. The monoisotopic (exact) mass is 345 g/mol. The van der Waals surface area contributed by atoms with Gasteiger partial charge in [-0.2, -0.15) is 0 Å². The molecule has 1 aliphatic carbocycles. The lowest BCUT2D eigenvalue weighted by atomic mass is 9.66. The van der Waals surface area contributed by atoms with Crippen LogP contribution in [0.3, 0.4) is 0 Å². The number of carbonyl (C=O) groups excluding carboxylic acids is 1. The first-order chi connectivity index (χ1) is 11.4. The number of nitrogens with zero attached hydrogens (tertiary/aromatic N) is 1. The largest absolute Gasteiger partial charge is 0.299 e. The Bertz CT molecular complexity index is 937. The van der Waals surface area contributed by atoms with E-state index in [1.165, 1.54) is 22.5 Å². The van der Waals surface area contributed by atoms with E-state index in [9.17, 15) is 17.6 Å². The Kier molecular flexibility index (Phi) is 3.28. The summed E-state index contributed by atoms with van der Waals surface area (Å²) in [6, 6.07) is 10.6. The first kappa shape index (κ1) is 15.3. The number of halogens is 1. The van der Waals surface area contributed by atoms with Crippen LogP contribution in [0.1, 0.15) is 23.5 Å². The van der Waals surface area contributed by atoms with Gasteiger partial charge in [-0.3, -0.25) is 9.10 Å². The van der Waals surface area contributed by atoms with Crippen LogP contribution >= 0.6 is 0 Å². The molecule has 2 aliphatic rings. The molecule has 4 nitrogen and oxygen atoms in total. The number of Topliss-reactive ketones (excluding diaryl/α,β-unsaturated/α-hetero) is 1. The Morgan fingerprint density at radius 1 is 1.12 bits per heavy atom. The molecule has 2 aromatic rings. The maximum absolute atomic E-state index is 13.7. The number of fused-ring (bicyclic) bond motifs is 3. The van der Waals surface area contributed by atoms with Gasteiger partial charge in [-0.15, -0.1) is 0 Å². The van der Waals surface area contributed by atoms with Crippen molar-refractivity contribution in [3.05, 3.63) is 59.4 Å². The number of sulfonamides is 1. The predicted octanol–water partition coefficient (Wildman–Crippen LogP) is 3.02. The summed E-state index contributed by atoms with van der Waals surface area (Å²) in [7, 11) is -3.79. The van der Waals surface area contributed by atoms with Crippen molar-refractivity contribution < 1.29 is 17.6 Å². The van der Waals surface area contributed by atoms with Gasteiger partial charge in [0.15, 0.2) is 0 Å². The topological polar surface area (TPSA) is 54.5 Å². The van der Waals surface area contributed by atoms with E-state index in [1.807, 2.05) is 6.92 Å². The molecule has 1 aliphatic heterocycles. The van der Waals surface area contributed by atoms with Gasteiger partial charge in [0, 0.05) is 18.9 Å². The molecule has 6 heteroatoms. The van der Waals surface area contributed by atoms with Crippen molar-refractivity contribution >= 4 is 21.5 Å². The number of aryl methyl sites for hydroxylation is 1. The van der Waals surface area contributed by atoms with Crippen molar-refractivity contribution in [2.75, 3.05) is 10.8 Å². The van der Waals surface area contributed by atoms with Crippen LogP contribution in [0.15, 0.2) is 47.4 Å². The molecule has 0 N–H and O–H groups in total. The smallest absolute Gasteiger partial charge is 0.264 e. The van der Waals surface area contributed by atoms with Gasteiger partial charge in [-0.1, -0.05) is 23.8 Å². The minimum atomic E-state index is -3.79. The summed E-state index contributed by atoms with van der Waals surface area (Å²) in [4.78, 5) is 12.1. The average molecular weight is 345 g/mol. The molecule has 124 valence electrons. The second-order valence-electron chi connectivity index (χ2n) is 6.46. The highest BCUT2D eigenvalue weighted by Gasteiger charge is 2.48. The van der Waals surface area contributed by atoms with Crippen molar-refractivity contribution in [2.45, 2.75) is 24.2 Å². The highest BCUT2D eigenvalue weighted by Crippen LogP contribution is 2.49. The summed E-state index contributed by atoms with van der Waals surface area (Å²) >= 11 is 0. The van der Waals surface area contributed by atoms with Gasteiger partial charge in [0.2, 0.25) is 0 Å². The van der Waals surface area contributed by atoms with Crippen LogP contribution in [0.25, 0.3) is 0 Å². The Labute approximate surface area is 140 Å². The zero-order valence-electron chi connectivity index (χ0n) is 13.1. The molecule has 1 heterocycles. The van der Waals surface area contributed by atoms with Crippen LogP contribution in [-0.2, 0) is 14.8 Å². The van der Waals surface area contributed by atoms with E-state index in [2.05, 4.69) is 0 Å². The third-order valence-electron chi connectivity index (χ3n) is 4.89. The van der Waals surface area contributed by atoms with Gasteiger partial charge in [0.1, 0.15) is 11.6 Å². The van der Waals surface area contributed by atoms with Gasteiger partial charge >= 0.3 is 0 Å². The van der Waals surface area contributed by atoms with Crippen molar-refractivity contribution in [3.8, 4) is 0 Å². The Balaban J connectivity index is 1.85. The number of carbonyl (C=O) groups is 1. The maximum Gasteiger partial charge on any atom is 0.264 e. The summed E-state index contributed by atoms with van der Waals surface area (Å²) in [6.07, 6.45) is 0.376. The molecule has 0 amide bonds. The fourth-order valence-electron chi connectivity index (χ4n) is 3.58. The van der Waals surface area contributed by atoms with E-state index in [0.717, 1.165) is 5.56 Å². The van der Waals surface area contributed by atoms with E-state index in [4.69, 9.17) is 0 Å². The van der Waals surface area contributed by atoms with Crippen molar-refractivity contribution in [2.24, 2.45) is 5.92 Å². The Morgan fingerprint density at radius 3 is 2.50 bits per heavy atom.